The van der Waals surface area contributed by atoms with Crippen LogP contribution < -0.4 is 0 Å². The number of hydrogen-bond donors (Lipinski definition) is 0. The van der Waals surface area contributed by atoms with E-state index in [1.54, 1.807) is 22.7 Å². The average Bonchev–Trinajstić information content (AvgIpc) is 3.62. The first-order chi connectivity index (χ1) is 16.3. The fraction of sp³-hybridized carbons (Fsp3) is 0.414. The van der Waals surface area contributed by atoms with Gasteiger partial charge in [-0.1, -0.05) is 21.3 Å². The van der Waals surface area contributed by atoms with Crippen molar-refractivity contribution >= 4 is 51.1 Å². The van der Waals surface area contributed by atoms with E-state index in [4.69, 9.17) is 4.74 Å². The van der Waals surface area contributed by atoms with Crippen molar-refractivity contribution in [3.8, 4) is 19.5 Å². The molecule has 4 aromatic rings. The van der Waals surface area contributed by atoms with Gasteiger partial charge in [0, 0.05) is 33.4 Å². The molecule has 0 amide bonds. The van der Waals surface area contributed by atoms with E-state index in [1.165, 1.54) is 50.6 Å². The van der Waals surface area contributed by atoms with E-state index >= 15 is 0 Å². The van der Waals surface area contributed by atoms with Gasteiger partial charge in [-0.3, -0.25) is 4.79 Å². The molecular weight excluding hydrogens is 509 g/mol. The van der Waals surface area contributed by atoms with Gasteiger partial charge >= 0.3 is 0 Å². The highest BCUT2D eigenvalue weighted by molar-refractivity contribution is 7.21. The van der Waals surface area contributed by atoms with E-state index in [9.17, 15) is 4.79 Å². The molecule has 35 heavy (non-hydrogen) atoms. The fourth-order valence-electron chi connectivity index (χ4n) is 4.87. The molecule has 0 atom stereocenters. The van der Waals surface area contributed by atoms with Crippen LogP contribution in [0.1, 0.15) is 75.0 Å². The molecule has 2 aliphatic carbocycles. The number of ether oxygens (including phenoxy) is 1. The van der Waals surface area contributed by atoms with Crippen LogP contribution in [0.5, 0.6) is 0 Å². The van der Waals surface area contributed by atoms with Gasteiger partial charge in [0.05, 0.1) is 10.3 Å². The Morgan fingerprint density at radius 3 is 1.91 bits per heavy atom. The number of fused-ring (bicyclic) bond motifs is 6. The summed E-state index contributed by atoms with van der Waals surface area (Å²) >= 11 is 7.17. The molecule has 6 heteroatoms. The van der Waals surface area contributed by atoms with E-state index < -0.39 is 0 Å². The molecule has 5 heterocycles. The topological polar surface area (TPSA) is 26.3 Å². The first kappa shape index (κ1) is 26.5. The summed E-state index contributed by atoms with van der Waals surface area (Å²) in [5, 5.41) is 8.53. The van der Waals surface area contributed by atoms with Crippen LogP contribution in [0.15, 0.2) is 45.8 Å². The van der Waals surface area contributed by atoms with Crippen molar-refractivity contribution in [3.63, 3.8) is 0 Å². The second-order valence-corrected chi connectivity index (χ2v) is 13.8. The largest absolute Gasteiger partial charge is 0.381 e. The lowest BCUT2D eigenvalue weighted by Gasteiger charge is -2.29. The van der Waals surface area contributed by atoms with Gasteiger partial charge in [-0.15, -0.1) is 45.3 Å². The van der Waals surface area contributed by atoms with Crippen molar-refractivity contribution in [1.29, 1.82) is 0 Å². The summed E-state index contributed by atoms with van der Waals surface area (Å²) in [4.78, 5) is 17.7. The van der Waals surface area contributed by atoms with E-state index in [0.717, 1.165) is 23.7 Å². The molecule has 2 nitrogen and oxygen atoms in total. The van der Waals surface area contributed by atoms with Crippen molar-refractivity contribution in [2.24, 2.45) is 0 Å². The second-order valence-electron chi connectivity index (χ2n) is 10.1. The minimum Gasteiger partial charge on any atom is -0.381 e. The number of carbonyl (C=O) groups is 1. The molecule has 4 aromatic heterocycles. The van der Waals surface area contributed by atoms with Crippen LogP contribution in [-0.2, 0) is 22.0 Å². The molecule has 1 saturated heterocycles. The highest BCUT2D eigenvalue weighted by Gasteiger charge is 2.40. The minimum absolute atomic E-state index is 0. The Morgan fingerprint density at radius 2 is 1.26 bits per heavy atom. The molecule has 0 spiro atoms. The first-order valence-corrected chi connectivity index (χ1v) is 15.3. The van der Waals surface area contributed by atoms with Crippen LogP contribution in [0.25, 0.3) is 19.5 Å². The maximum absolute atomic E-state index is 12.3. The Kier molecular flexibility index (Phi) is 7.89. The third-order valence-electron chi connectivity index (χ3n) is 6.83. The zero-order chi connectivity index (χ0) is 23.9. The van der Waals surface area contributed by atoms with Crippen LogP contribution in [0, 0.1) is 0 Å². The summed E-state index contributed by atoms with van der Waals surface area (Å²) in [6.45, 7) is 10.7. The maximum Gasteiger partial charge on any atom is 0.174 e. The lowest BCUT2D eigenvalue weighted by atomic mass is 9.74. The molecule has 0 N–H and O–H groups in total. The van der Waals surface area contributed by atoms with Crippen LogP contribution in [0.3, 0.4) is 0 Å². The second kappa shape index (κ2) is 10.4. The molecule has 7 rings (SSSR count). The highest BCUT2D eigenvalue weighted by Crippen LogP contribution is 2.49. The van der Waals surface area contributed by atoms with Gasteiger partial charge in [0.25, 0.3) is 0 Å². The standard InChI is InChI=1S/C12H10OS2.C12H12S2.C4H8O.CH4/c1-12(2)8-4-6-15-10(8)9-7(11(12)13)3-5-14-9;1-12(2)7-8-3-5-13-10(8)11-9(12)4-6-14-11;1-2-4-5-3-1;/h3-6H,1-2H3;3-6H,7H2,1-2H3;1-4H2;1H4. The molecular formula is C29H34O2S4. The molecule has 1 fully saturated rings. The summed E-state index contributed by atoms with van der Waals surface area (Å²) in [6.07, 6.45) is 3.75. The van der Waals surface area contributed by atoms with Gasteiger partial charge in [-0.05, 0) is 101 Å². The molecule has 0 unspecified atom stereocenters. The molecule has 0 radical (unpaired) electrons. The third-order valence-corrected chi connectivity index (χ3v) is 10.9. The molecule has 1 aliphatic heterocycles. The normalized spacial score (nSPS) is 17.9. The van der Waals surface area contributed by atoms with Gasteiger partial charge in [0.1, 0.15) is 0 Å². The van der Waals surface area contributed by atoms with Crippen LogP contribution in [0.4, 0.5) is 0 Å². The SMILES string of the molecule is C.C1CCOC1.CC1(C)C(=O)c2ccsc2-c2sccc21.CC1(C)Cc2ccsc2-c2sccc21. The molecule has 0 bridgehead atoms. The smallest absolute Gasteiger partial charge is 0.174 e. The van der Waals surface area contributed by atoms with Gasteiger partial charge in [0.15, 0.2) is 5.78 Å². The molecule has 186 valence electrons. The lowest BCUT2D eigenvalue weighted by molar-refractivity contribution is 0.0907. The highest BCUT2D eigenvalue weighted by atomic mass is 32.1. The van der Waals surface area contributed by atoms with Crippen LogP contribution in [-0.4, -0.2) is 19.0 Å². The van der Waals surface area contributed by atoms with Crippen molar-refractivity contribution in [1.82, 2.24) is 0 Å². The number of Topliss-reactive ketones (excluding diaryl/α,β-unsaturated/α-hetero) is 1. The van der Waals surface area contributed by atoms with Gasteiger partial charge in [0.2, 0.25) is 0 Å². The zero-order valence-electron chi connectivity index (χ0n) is 20.1. The third kappa shape index (κ3) is 4.88. The van der Waals surface area contributed by atoms with Gasteiger partial charge in [-0.2, -0.15) is 0 Å². The van der Waals surface area contributed by atoms with Crippen molar-refractivity contribution in [3.05, 3.63) is 68.0 Å². The molecule has 0 saturated carbocycles. The molecule has 0 aromatic carbocycles. The predicted molar refractivity (Wildman–Crippen MR) is 156 cm³/mol. The zero-order valence-corrected chi connectivity index (χ0v) is 23.4. The van der Waals surface area contributed by atoms with E-state index in [2.05, 4.69) is 48.2 Å². The number of rotatable bonds is 0. The minimum atomic E-state index is -0.358. The number of thiophene rings is 4. The predicted octanol–water partition coefficient (Wildman–Crippen LogP) is 9.69. The fourth-order valence-corrected chi connectivity index (χ4v) is 9.23. The van der Waals surface area contributed by atoms with Crippen molar-refractivity contribution in [2.75, 3.05) is 13.2 Å². The lowest BCUT2D eigenvalue weighted by Crippen LogP contribution is -2.31. The summed E-state index contributed by atoms with van der Waals surface area (Å²) in [5.74, 6) is 0.254. The first-order valence-electron chi connectivity index (χ1n) is 11.7. The Balaban J connectivity index is 0.000000135. The number of carbonyl (C=O) groups excluding carboxylic acids is 1. The average molecular weight is 543 g/mol. The Bertz CT molecular complexity index is 1290. The Labute approximate surface area is 225 Å². The maximum atomic E-state index is 12.3. The number of ketones is 1. The summed E-state index contributed by atoms with van der Waals surface area (Å²) in [5.41, 5.74) is 5.13. The summed E-state index contributed by atoms with van der Waals surface area (Å²) in [7, 11) is 0. The Hall–Kier alpha value is -1.57. The Morgan fingerprint density at radius 1 is 0.714 bits per heavy atom. The van der Waals surface area contributed by atoms with Crippen LogP contribution in [0.2, 0.25) is 0 Å². The molecule has 3 aliphatic rings. The number of hydrogen-bond acceptors (Lipinski definition) is 6. The van der Waals surface area contributed by atoms with Crippen molar-refractivity contribution in [2.45, 2.75) is 65.2 Å². The van der Waals surface area contributed by atoms with Crippen LogP contribution >= 0.6 is 45.3 Å². The summed E-state index contributed by atoms with van der Waals surface area (Å²) < 4.78 is 4.94. The quantitative estimate of drug-likeness (QED) is 0.221. The van der Waals surface area contributed by atoms with E-state index in [1.807, 2.05) is 48.0 Å². The monoisotopic (exact) mass is 542 g/mol. The summed E-state index contributed by atoms with van der Waals surface area (Å²) in [6, 6.07) is 8.61. The van der Waals surface area contributed by atoms with Crippen molar-refractivity contribution < 1.29 is 9.53 Å². The van der Waals surface area contributed by atoms with E-state index in [0.29, 0.717) is 5.41 Å². The van der Waals surface area contributed by atoms with Gasteiger partial charge in [-0.25, -0.2) is 0 Å². The van der Waals surface area contributed by atoms with Gasteiger partial charge < -0.3 is 4.74 Å². The van der Waals surface area contributed by atoms with E-state index in [-0.39, 0.29) is 18.6 Å².